The number of hydrazine groups is 1. The second kappa shape index (κ2) is 5.98. The molecule has 1 aromatic carbocycles. The first-order chi connectivity index (χ1) is 9.52. The van der Waals surface area contributed by atoms with Crippen molar-refractivity contribution in [2.45, 2.75) is 19.5 Å². The molecule has 1 aromatic rings. The van der Waals surface area contributed by atoms with Crippen LogP contribution in [0.3, 0.4) is 0 Å². The fourth-order valence-electron chi connectivity index (χ4n) is 2.19. The lowest BCUT2D eigenvalue weighted by molar-refractivity contribution is -0.128. The fraction of sp³-hybridized carbons (Fsp3) is 0.385. The van der Waals surface area contributed by atoms with Crippen LogP contribution in [0.25, 0.3) is 0 Å². The maximum Gasteiger partial charge on any atom is 0.265 e. The highest BCUT2D eigenvalue weighted by Crippen LogP contribution is 2.16. The molecule has 2 rings (SSSR count). The molecule has 20 heavy (non-hydrogen) atoms. The molecule has 0 spiro atoms. The Balaban J connectivity index is 2.19. The number of rotatable bonds is 3. The van der Waals surface area contributed by atoms with Gasteiger partial charge in [-0.2, -0.15) is 0 Å². The van der Waals surface area contributed by atoms with E-state index < -0.39 is 11.7 Å². The third-order valence-electron chi connectivity index (χ3n) is 3.44. The number of carbonyl (C=O) groups is 2. The summed E-state index contributed by atoms with van der Waals surface area (Å²) in [6.45, 7) is 3.21. The molecule has 0 radical (unpaired) electrons. The number of hydrogen-bond donors (Lipinski definition) is 3. The van der Waals surface area contributed by atoms with E-state index in [2.05, 4.69) is 5.32 Å². The van der Waals surface area contributed by atoms with Crippen LogP contribution >= 0.6 is 0 Å². The van der Waals surface area contributed by atoms with Crippen molar-refractivity contribution in [1.29, 1.82) is 0 Å². The van der Waals surface area contributed by atoms with Gasteiger partial charge in [0.25, 0.3) is 5.91 Å². The minimum Gasteiger partial charge on any atom is -0.353 e. The Kier molecular flexibility index (Phi) is 4.31. The number of carbonyl (C=O) groups excluding carboxylic acids is 2. The van der Waals surface area contributed by atoms with Gasteiger partial charge in [0.1, 0.15) is 5.82 Å². The van der Waals surface area contributed by atoms with Crippen LogP contribution < -0.4 is 16.6 Å². The molecule has 1 aliphatic rings. The highest BCUT2D eigenvalue weighted by molar-refractivity contribution is 5.93. The molecule has 0 saturated carbocycles. The van der Waals surface area contributed by atoms with Crippen LogP contribution in [0.2, 0.25) is 0 Å². The van der Waals surface area contributed by atoms with E-state index in [4.69, 9.17) is 5.84 Å². The molecule has 0 aromatic heterocycles. The maximum absolute atomic E-state index is 13.8. The zero-order valence-electron chi connectivity index (χ0n) is 11.1. The van der Waals surface area contributed by atoms with Gasteiger partial charge in [0.05, 0.1) is 6.04 Å². The smallest absolute Gasteiger partial charge is 0.265 e. The zero-order chi connectivity index (χ0) is 14.7. The summed E-state index contributed by atoms with van der Waals surface area (Å²) < 4.78 is 13.8. The van der Waals surface area contributed by atoms with Gasteiger partial charge in [-0.05, 0) is 25.1 Å². The van der Waals surface area contributed by atoms with Crippen LogP contribution in [0.15, 0.2) is 18.2 Å². The Morgan fingerprint density at radius 3 is 3.05 bits per heavy atom. The number of piperazine rings is 1. The molecule has 0 bridgehead atoms. The molecule has 1 heterocycles. The van der Waals surface area contributed by atoms with E-state index >= 15 is 0 Å². The molecule has 4 N–H and O–H groups in total. The van der Waals surface area contributed by atoms with Crippen molar-refractivity contribution in [3.05, 3.63) is 35.1 Å². The van der Waals surface area contributed by atoms with Gasteiger partial charge in [-0.1, -0.05) is 0 Å². The molecule has 0 aliphatic carbocycles. The minimum absolute atomic E-state index is 0.0764. The van der Waals surface area contributed by atoms with Gasteiger partial charge in [-0.25, -0.2) is 10.2 Å². The molecule has 7 heteroatoms. The number of amides is 2. The van der Waals surface area contributed by atoms with Crippen LogP contribution in [-0.2, 0) is 11.3 Å². The molecule has 1 atom stereocenters. The van der Waals surface area contributed by atoms with Crippen LogP contribution in [0, 0.1) is 5.82 Å². The SMILES string of the molecule is CC1C(=O)NCCN1Cc1cc(C(=O)NN)ccc1F. The van der Waals surface area contributed by atoms with E-state index in [-0.39, 0.29) is 24.1 Å². The topological polar surface area (TPSA) is 87.5 Å². The van der Waals surface area contributed by atoms with Crippen LogP contribution in [-0.4, -0.2) is 35.8 Å². The molecule has 1 aliphatic heterocycles. The van der Waals surface area contributed by atoms with Gasteiger partial charge in [-0.3, -0.25) is 19.9 Å². The summed E-state index contributed by atoms with van der Waals surface area (Å²) in [7, 11) is 0. The Morgan fingerprint density at radius 1 is 1.60 bits per heavy atom. The number of benzene rings is 1. The van der Waals surface area contributed by atoms with Crippen LogP contribution in [0.1, 0.15) is 22.8 Å². The molecular weight excluding hydrogens is 263 g/mol. The average molecular weight is 280 g/mol. The van der Waals surface area contributed by atoms with E-state index in [9.17, 15) is 14.0 Å². The standard InChI is InChI=1S/C13H17FN4O2/c1-8-12(19)16-4-5-18(8)7-10-6-9(13(20)17-15)2-3-11(10)14/h2-3,6,8H,4-5,7,15H2,1H3,(H,16,19)(H,17,20). The van der Waals surface area contributed by atoms with E-state index in [0.717, 1.165) is 0 Å². The van der Waals surface area contributed by atoms with Gasteiger partial charge >= 0.3 is 0 Å². The van der Waals surface area contributed by atoms with Crippen molar-refractivity contribution in [3.63, 3.8) is 0 Å². The zero-order valence-corrected chi connectivity index (χ0v) is 11.1. The Labute approximate surface area is 116 Å². The molecule has 6 nitrogen and oxygen atoms in total. The van der Waals surface area contributed by atoms with E-state index in [1.165, 1.54) is 18.2 Å². The normalized spacial score (nSPS) is 19.6. The Hall–Kier alpha value is -1.99. The number of nitrogens with two attached hydrogens (primary N) is 1. The van der Waals surface area contributed by atoms with Gasteiger partial charge < -0.3 is 5.32 Å². The summed E-state index contributed by atoms with van der Waals surface area (Å²) in [4.78, 5) is 24.9. The predicted molar refractivity (Wildman–Crippen MR) is 70.9 cm³/mol. The van der Waals surface area contributed by atoms with Gasteiger partial charge in [0.2, 0.25) is 5.91 Å². The van der Waals surface area contributed by atoms with E-state index in [1.807, 2.05) is 10.3 Å². The average Bonchev–Trinajstić information content (AvgIpc) is 2.45. The van der Waals surface area contributed by atoms with Gasteiger partial charge in [-0.15, -0.1) is 0 Å². The summed E-state index contributed by atoms with van der Waals surface area (Å²) >= 11 is 0. The number of nitrogen functional groups attached to an aromatic ring is 1. The van der Waals surface area contributed by atoms with Gasteiger partial charge in [0.15, 0.2) is 0 Å². The van der Waals surface area contributed by atoms with Crippen LogP contribution in [0.5, 0.6) is 0 Å². The molecule has 1 unspecified atom stereocenters. The summed E-state index contributed by atoms with van der Waals surface area (Å²) in [5.74, 6) is 4.10. The Morgan fingerprint density at radius 2 is 2.35 bits per heavy atom. The highest BCUT2D eigenvalue weighted by atomic mass is 19.1. The highest BCUT2D eigenvalue weighted by Gasteiger charge is 2.26. The van der Waals surface area contributed by atoms with Crippen molar-refractivity contribution in [2.75, 3.05) is 13.1 Å². The quantitative estimate of drug-likeness (QED) is 0.405. The summed E-state index contributed by atoms with van der Waals surface area (Å²) in [5, 5.41) is 2.75. The molecule has 2 amide bonds. The number of hydrogen-bond acceptors (Lipinski definition) is 4. The number of nitrogens with one attached hydrogen (secondary N) is 2. The lowest BCUT2D eigenvalue weighted by Crippen LogP contribution is -2.53. The minimum atomic E-state index is -0.476. The first-order valence-corrected chi connectivity index (χ1v) is 6.34. The second-order valence-corrected chi connectivity index (χ2v) is 4.72. The van der Waals surface area contributed by atoms with Crippen molar-refractivity contribution in [3.8, 4) is 0 Å². The van der Waals surface area contributed by atoms with Gasteiger partial charge in [0, 0.05) is 30.8 Å². The predicted octanol–water partition coefficient (Wildman–Crippen LogP) is -0.250. The largest absolute Gasteiger partial charge is 0.353 e. The van der Waals surface area contributed by atoms with Crippen molar-refractivity contribution in [1.82, 2.24) is 15.6 Å². The summed E-state index contributed by atoms with van der Waals surface area (Å²) in [6.07, 6.45) is 0. The molecule has 108 valence electrons. The molecule has 1 fully saturated rings. The first-order valence-electron chi connectivity index (χ1n) is 6.34. The number of nitrogens with zero attached hydrogens (tertiary/aromatic N) is 1. The summed E-state index contributed by atoms with van der Waals surface area (Å²) in [6, 6.07) is 3.73. The molecule has 1 saturated heterocycles. The molecular formula is C13H17FN4O2. The van der Waals surface area contributed by atoms with Crippen molar-refractivity contribution in [2.24, 2.45) is 5.84 Å². The Bertz CT molecular complexity index is 535. The lowest BCUT2D eigenvalue weighted by Gasteiger charge is -2.32. The second-order valence-electron chi connectivity index (χ2n) is 4.72. The number of halogens is 1. The maximum atomic E-state index is 13.8. The fourth-order valence-corrected chi connectivity index (χ4v) is 2.19. The third-order valence-corrected chi connectivity index (χ3v) is 3.44. The van der Waals surface area contributed by atoms with Crippen molar-refractivity contribution >= 4 is 11.8 Å². The van der Waals surface area contributed by atoms with E-state index in [0.29, 0.717) is 18.7 Å². The van der Waals surface area contributed by atoms with E-state index in [1.54, 1.807) is 6.92 Å². The third kappa shape index (κ3) is 2.94. The summed E-state index contributed by atoms with van der Waals surface area (Å²) in [5.41, 5.74) is 2.67. The first kappa shape index (κ1) is 14.4. The van der Waals surface area contributed by atoms with Crippen molar-refractivity contribution < 1.29 is 14.0 Å². The monoisotopic (exact) mass is 280 g/mol. The van der Waals surface area contributed by atoms with Crippen LogP contribution in [0.4, 0.5) is 4.39 Å². The lowest BCUT2D eigenvalue weighted by atomic mass is 10.1.